The molecular formula is C23H22N+. The molecule has 0 N–H and O–H groups in total. The minimum Gasteiger partial charge on any atom is -0.201 e. The molecule has 3 aromatic carbocycles. The second-order valence-corrected chi connectivity index (χ2v) is 6.77. The van der Waals surface area contributed by atoms with Crippen LogP contribution in [0, 0.1) is 20.8 Å². The summed E-state index contributed by atoms with van der Waals surface area (Å²) in [6.07, 6.45) is 2.23. The van der Waals surface area contributed by atoms with Gasteiger partial charge in [0.25, 0.3) is 0 Å². The van der Waals surface area contributed by atoms with Gasteiger partial charge >= 0.3 is 0 Å². The Morgan fingerprint density at radius 2 is 1.42 bits per heavy atom. The maximum atomic E-state index is 2.31. The van der Waals surface area contributed by atoms with E-state index >= 15 is 0 Å². The van der Waals surface area contributed by atoms with Crippen LogP contribution in [0.4, 0.5) is 0 Å². The van der Waals surface area contributed by atoms with Crippen LogP contribution in [-0.2, 0) is 7.05 Å². The van der Waals surface area contributed by atoms with Crippen molar-refractivity contribution in [2.24, 2.45) is 7.05 Å². The van der Waals surface area contributed by atoms with E-state index in [9.17, 15) is 0 Å². The summed E-state index contributed by atoms with van der Waals surface area (Å²) >= 11 is 0. The first-order chi connectivity index (χ1) is 11.6. The van der Waals surface area contributed by atoms with Gasteiger partial charge in [0.05, 0.1) is 5.56 Å². The van der Waals surface area contributed by atoms with E-state index in [0.29, 0.717) is 0 Å². The Balaban J connectivity index is 2.14. The average molecular weight is 312 g/mol. The molecule has 0 unspecified atom stereocenters. The lowest BCUT2D eigenvalue weighted by molar-refractivity contribution is -0.660. The van der Waals surface area contributed by atoms with Gasteiger partial charge in [-0.25, -0.2) is 4.57 Å². The molecule has 0 amide bonds. The standard InChI is InChI=1S/C23H22N/c1-15-9-11-20-19-8-6-5-7-18(19)10-12-21(20)23(15)22-13-16(2)17(3)14-24(22)4/h5-14H,1-4H3/q+1. The summed E-state index contributed by atoms with van der Waals surface area (Å²) in [5, 5.41) is 5.27. The summed E-state index contributed by atoms with van der Waals surface area (Å²) in [4.78, 5) is 0. The lowest BCUT2D eigenvalue weighted by Crippen LogP contribution is -2.31. The Morgan fingerprint density at radius 1 is 0.667 bits per heavy atom. The molecule has 0 saturated heterocycles. The predicted octanol–water partition coefficient (Wildman–Crippen LogP) is 5.41. The van der Waals surface area contributed by atoms with E-state index in [1.165, 1.54) is 49.5 Å². The van der Waals surface area contributed by atoms with Crippen molar-refractivity contribution in [1.82, 2.24) is 0 Å². The van der Waals surface area contributed by atoms with Gasteiger partial charge in [0.2, 0.25) is 5.69 Å². The van der Waals surface area contributed by atoms with E-state index in [2.05, 4.69) is 93.2 Å². The number of hydrogen-bond donors (Lipinski definition) is 0. The number of rotatable bonds is 1. The van der Waals surface area contributed by atoms with Gasteiger partial charge in [-0.1, -0.05) is 48.5 Å². The van der Waals surface area contributed by atoms with E-state index < -0.39 is 0 Å². The third-order valence-electron chi connectivity index (χ3n) is 5.13. The molecule has 118 valence electrons. The second kappa shape index (κ2) is 5.45. The van der Waals surface area contributed by atoms with E-state index in [0.717, 1.165) is 0 Å². The summed E-state index contributed by atoms with van der Waals surface area (Å²) in [6, 6.07) is 20.0. The molecule has 24 heavy (non-hydrogen) atoms. The first-order valence-corrected chi connectivity index (χ1v) is 8.44. The van der Waals surface area contributed by atoms with E-state index in [1.807, 2.05) is 0 Å². The van der Waals surface area contributed by atoms with Crippen molar-refractivity contribution >= 4 is 21.5 Å². The highest BCUT2D eigenvalue weighted by atomic mass is 14.9. The number of nitrogens with zero attached hydrogens (tertiary/aromatic N) is 1. The van der Waals surface area contributed by atoms with Gasteiger partial charge in [-0.3, -0.25) is 0 Å². The Morgan fingerprint density at radius 3 is 2.25 bits per heavy atom. The lowest BCUT2D eigenvalue weighted by atomic mass is 9.92. The van der Waals surface area contributed by atoms with Gasteiger partial charge in [-0.05, 0) is 53.4 Å². The van der Waals surface area contributed by atoms with Crippen LogP contribution in [0.15, 0.2) is 60.8 Å². The molecule has 1 aromatic heterocycles. The topological polar surface area (TPSA) is 3.88 Å². The molecule has 1 heteroatoms. The van der Waals surface area contributed by atoms with E-state index in [1.54, 1.807) is 0 Å². The smallest absolute Gasteiger partial charge is 0.201 e. The molecule has 0 bridgehead atoms. The fourth-order valence-electron chi connectivity index (χ4n) is 3.67. The second-order valence-electron chi connectivity index (χ2n) is 6.77. The molecule has 0 radical (unpaired) electrons. The SMILES string of the molecule is Cc1cc(-c2c(C)ccc3c2ccc2ccccc23)[n+](C)cc1C. The number of fused-ring (bicyclic) bond motifs is 3. The minimum atomic E-state index is 1.27. The van der Waals surface area contributed by atoms with Crippen LogP contribution < -0.4 is 4.57 Å². The first kappa shape index (κ1) is 14.9. The maximum absolute atomic E-state index is 2.31. The van der Waals surface area contributed by atoms with Gasteiger partial charge in [0.15, 0.2) is 6.20 Å². The van der Waals surface area contributed by atoms with Gasteiger partial charge in [-0.2, -0.15) is 0 Å². The Hall–Kier alpha value is -2.67. The van der Waals surface area contributed by atoms with Crippen LogP contribution in [-0.4, -0.2) is 0 Å². The molecule has 0 spiro atoms. The van der Waals surface area contributed by atoms with Crippen molar-refractivity contribution in [2.45, 2.75) is 20.8 Å². The molecule has 0 atom stereocenters. The number of aryl methyl sites for hydroxylation is 4. The van der Waals surface area contributed by atoms with Crippen LogP contribution in [0.1, 0.15) is 16.7 Å². The molecule has 1 nitrogen and oxygen atoms in total. The zero-order valence-electron chi connectivity index (χ0n) is 14.7. The predicted molar refractivity (Wildman–Crippen MR) is 102 cm³/mol. The summed E-state index contributed by atoms with van der Waals surface area (Å²) in [5.74, 6) is 0. The van der Waals surface area contributed by atoms with Crippen LogP contribution in [0.3, 0.4) is 0 Å². The van der Waals surface area contributed by atoms with Gasteiger partial charge in [-0.15, -0.1) is 0 Å². The van der Waals surface area contributed by atoms with Gasteiger partial charge in [0.1, 0.15) is 7.05 Å². The highest BCUT2D eigenvalue weighted by molar-refractivity contribution is 6.12. The van der Waals surface area contributed by atoms with Crippen molar-refractivity contribution in [3.63, 3.8) is 0 Å². The summed E-state index contributed by atoms with van der Waals surface area (Å²) in [6.45, 7) is 6.57. The number of hydrogen-bond acceptors (Lipinski definition) is 0. The Kier molecular flexibility index (Phi) is 3.38. The van der Waals surface area contributed by atoms with Crippen molar-refractivity contribution in [2.75, 3.05) is 0 Å². The largest absolute Gasteiger partial charge is 0.213 e. The molecule has 0 aliphatic heterocycles. The quantitative estimate of drug-likeness (QED) is 0.327. The van der Waals surface area contributed by atoms with Gasteiger partial charge in [0, 0.05) is 11.6 Å². The summed E-state index contributed by atoms with van der Waals surface area (Å²) < 4.78 is 2.25. The maximum Gasteiger partial charge on any atom is 0.213 e. The van der Waals surface area contributed by atoms with Crippen LogP contribution in [0.5, 0.6) is 0 Å². The molecule has 4 aromatic rings. The average Bonchev–Trinajstić information content (AvgIpc) is 2.58. The zero-order valence-corrected chi connectivity index (χ0v) is 14.7. The van der Waals surface area contributed by atoms with Crippen molar-refractivity contribution in [3.05, 3.63) is 77.5 Å². The van der Waals surface area contributed by atoms with Crippen molar-refractivity contribution in [1.29, 1.82) is 0 Å². The van der Waals surface area contributed by atoms with Gasteiger partial charge < -0.3 is 0 Å². The normalized spacial score (nSPS) is 11.3. The van der Waals surface area contributed by atoms with E-state index in [4.69, 9.17) is 0 Å². The highest BCUT2D eigenvalue weighted by Crippen LogP contribution is 2.34. The number of pyridine rings is 1. The number of aromatic nitrogens is 1. The van der Waals surface area contributed by atoms with E-state index in [-0.39, 0.29) is 0 Å². The molecule has 0 aliphatic rings. The molecule has 0 saturated carbocycles. The summed E-state index contributed by atoms with van der Waals surface area (Å²) in [7, 11) is 2.14. The highest BCUT2D eigenvalue weighted by Gasteiger charge is 2.18. The first-order valence-electron chi connectivity index (χ1n) is 8.44. The molecule has 1 heterocycles. The number of benzene rings is 3. The molecular weight excluding hydrogens is 290 g/mol. The third kappa shape index (κ3) is 2.20. The fraction of sp³-hybridized carbons (Fsp3) is 0.174. The Bertz CT molecular complexity index is 1090. The zero-order chi connectivity index (χ0) is 16.8. The van der Waals surface area contributed by atoms with Crippen LogP contribution >= 0.6 is 0 Å². The molecule has 0 fully saturated rings. The molecule has 0 aliphatic carbocycles. The monoisotopic (exact) mass is 312 g/mol. The third-order valence-corrected chi connectivity index (χ3v) is 5.13. The minimum absolute atomic E-state index is 1.27. The van der Waals surface area contributed by atoms with Crippen LogP contribution in [0.2, 0.25) is 0 Å². The van der Waals surface area contributed by atoms with Crippen molar-refractivity contribution < 1.29 is 4.57 Å². The summed E-state index contributed by atoms with van der Waals surface area (Å²) in [5.41, 5.74) is 6.59. The van der Waals surface area contributed by atoms with Crippen molar-refractivity contribution in [3.8, 4) is 11.3 Å². The molecule has 4 rings (SSSR count). The Labute approximate surface area is 143 Å². The fourth-order valence-corrected chi connectivity index (χ4v) is 3.67. The lowest BCUT2D eigenvalue weighted by Gasteiger charge is -2.12. The van der Waals surface area contributed by atoms with Crippen LogP contribution in [0.25, 0.3) is 32.8 Å².